The number of hydrogen-bond donors (Lipinski definition) is 0. The second-order valence-electron chi connectivity index (χ2n) is 14.9. The van der Waals surface area contributed by atoms with E-state index in [1.54, 1.807) is 0 Å². The molecular weight excluding hydrogens is 629 g/mol. The van der Waals surface area contributed by atoms with E-state index in [2.05, 4.69) is 172 Å². The highest BCUT2D eigenvalue weighted by Gasteiger charge is 2.35. The van der Waals surface area contributed by atoms with Crippen molar-refractivity contribution in [3.63, 3.8) is 0 Å². The highest BCUT2D eigenvalue weighted by Crippen LogP contribution is 2.51. The van der Waals surface area contributed by atoms with E-state index in [4.69, 9.17) is 4.42 Å². The third-order valence-electron chi connectivity index (χ3n) is 11.6. The molecule has 0 unspecified atom stereocenters. The topological polar surface area (TPSA) is 13.1 Å². The van der Waals surface area contributed by atoms with Gasteiger partial charge in [0.2, 0.25) is 0 Å². The first-order chi connectivity index (χ1) is 25.5. The van der Waals surface area contributed by atoms with Gasteiger partial charge >= 0.3 is 0 Å². The van der Waals surface area contributed by atoms with Crippen molar-refractivity contribution >= 4 is 54.3 Å². The summed E-state index contributed by atoms with van der Waals surface area (Å²) >= 11 is 0. The summed E-state index contributed by atoms with van der Waals surface area (Å²) in [6.45, 7) is 4.72. The van der Waals surface area contributed by atoms with Crippen LogP contribution in [0, 0.1) is 0 Å². The number of fused-ring (bicyclic) bond motifs is 9. The van der Waals surface area contributed by atoms with Gasteiger partial charge < -0.3 is 4.42 Å². The van der Waals surface area contributed by atoms with Crippen LogP contribution in [0.15, 0.2) is 174 Å². The zero-order valence-corrected chi connectivity index (χ0v) is 29.1. The van der Waals surface area contributed by atoms with Gasteiger partial charge in [-0.1, -0.05) is 147 Å². The molecule has 0 atom stereocenters. The highest BCUT2D eigenvalue weighted by molar-refractivity contribution is 6.22. The van der Waals surface area contributed by atoms with E-state index in [0.29, 0.717) is 0 Å². The Morgan fingerprint density at radius 3 is 1.54 bits per heavy atom. The van der Waals surface area contributed by atoms with Crippen molar-refractivity contribution in [2.75, 3.05) is 0 Å². The SMILES string of the molecule is CC1(C)c2ccc(-c3ccc(-c4c5ccccc5c(-c5ccc6oc7ccccc7c6c5)c5ccccc45)cc3)cc2-c2cc3ccccc3cc21. The molecule has 244 valence electrons. The molecule has 11 rings (SSSR count). The molecular formula is C51H34O. The van der Waals surface area contributed by atoms with E-state index in [1.165, 1.54) is 88.0 Å². The molecule has 0 N–H and O–H groups in total. The maximum absolute atomic E-state index is 6.20. The predicted octanol–water partition coefficient (Wildman–Crippen LogP) is 14.4. The molecule has 1 aromatic heterocycles. The van der Waals surface area contributed by atoms with E-state index in [-0.39, 0.29) is 5.41 Å². The van der Waals surface area contributed by atoms with Crippen LogP contribution in [-0.4, -0.2) is 0 Å². The molecule has 1 heteroatoms. The molecule has 0 aliphatic heterocycles. The van der Waals surface area contributed by atoms with Crippen LogP contribution in [0.2, 0.25) is 0 Å². The number of para-hydroxylation sites is 1. The molecule has 0 amide bonds. The lowest BCUT2D eigenvalue weighted by atomic mass is 9.81. The van der Waals surface area contributed by atoms with Crippen molar-refractivity contribution in [1.82, 2.24) is 0 Å². The fourth-order valence-electron chi connectivity index (χ4n) is 9.08. The van der Waals surface area contributed by atoms with Crippen LogP contribution >= 0.6 is 0 Å². The summed E-state index contributed by atoms with van der Waals surface area (Å²) < 4.78 is 6.20. The van der Waals surface area contributed by atoms with Crippen LogP contribution in [0.3, 0.4) is 0 Å². The number of furan rings is 1. The van der Waals surface area contributed by atoms with Gasteiger partial charge in [-0.05, 0) is 124 Å². The fourth-order valence-corrected chi connectivity index (χ4v) is 9.08. The molecule has 0 spiro atoms. The van der Waals surface area contributed by atoms with Gasteiger partial charge in [0.15, 0.2) is 0 Å². The molecule has 9 aromatic carbocycles. The number of benzene rings is 9. The molecule has 1 aliphatic carbocycles. The Balaban J connectivity index is 1.05. The molecule has 0 bridgehead atoms. The van der Waals surface area contributed by atoms with Gasteiger partial charge in [-0.25, -0.2) is 0 Å². The minimum Gasteiger partial charge on any atom is -0.456 e. The average Bonchev–Trinajstić information content (AvgIpc) is 3.67. The third kappa shape index (κ3) is 4.17. The van der Waals surface area contributed by atoms with Crippen molar-refractivity contribution < 1.29 is 4.42 Å². The minimum atomic E-state index is -0.0383. The van der Waals surface area contributed by atoms with Gasteiger partial charge in [0.1, 0.15) is 11.2 Å². The quantitative estimate of drug-likeness (QED) is 0.172. The number of hydrogen-bond acceptors (Lipinski definition) is 1. The summed E-state index contributed by atoms with van der Waals surface area (Å²) in [6, 6.07) is 62.5. The lowest BCUT2D eigenvalue weighted by molar-refractivity contribution is 0.661. The summed E-state index contributed by atoms with van der Waals surface area (Å²) in [5.74, 6) is 0. The van der Waals surface area contributed by atoms with E-state index >= 15 is 0 Å². The summed E-state index contributed by atoms with van der Waals surface area (Å²) in [5.41, 5.74) is 14.7. The van der Waals surface area contributed by atoms with E-state index < -0.39 is 0 Å². The lowest BCUT2D eigenvalue weighted by Crippen LogP contribution is -2.14. The Hall–Kier alpha value is -6.44. The third-order valence-corrected chi connectivity index (χ3v) is 11.6. The monoisotopic (exact) mass is 662 g/mol. The van der Waals surface area contributed by atoms with E-state index in [1.807, 2.05) is 12.1 Å². The highest BCUT2D eigenvalue weighted by atomic mass is 16.3. The number of rotatable bonds is 3. The second-order valence-corrected chi connectivity index (χ2v) is 14.9. The Labute approximate surface area is 302 Å². The van der Waals surface area contributed by atoms with Crippen LogP contribution in [0.5, 0.6) is 0 Å². The summed E-state index contributed by atoms with van der Waals surface area (Å²) in [6.07, 6.45) is 0. The van der Waals surface area contributed by atoms with Gasteiger partial charge in [-0.3, -0.25) is 0 Å². The Kier molecular flexibility index (Phi) is 6.08. The molecule has 0 fully saturated rings. The summed E-state index contributed by atoms with van der Waals surface area (Å²) in [7, 11) is 0. The van der Waals surface area contributed by atoms with Gasteiger partial charge in [0, 0.05) is 16.2 Å². The van der Waals surface area contributed by atoms with Crippen LogP contribution in [0.4, 0.5) is 0 Å². The van der Waals surface area contributed by atoms with Crippen LogP contribution in [-0.2, 0) is 5.41 Å². The van der Waals surface area contributed by atoms with Crippen molar-refractivity contribution in [3.8, 4) is 44.5 Å². The Morgan fingerprint density at radius 2 is 0.846 bits per heavy atom. The van der Waals surface area contributed by atoms with Crippen molar-refractivity contribution in [3.05, 3.63) is 181 Å². The standard InChI is InChI=1S/C51H34O/c1-51(2)45-25-23-35(28-42(45)43-27-33-11-3-4-12-34(33)30-46(43)51)31-19-21-32(22-20-31)49-38-14-5-7-16-40(38)50(41-17-8-6-15-39(41)49)36-24-26-48-44(29-36)37-13-9-10-18-47(37)52-48/h3-30H,1-2H3. The first kappa shape index (κ1) is 29.3. The summed E-state index contributed by atoms with van der Waals surface area (Å²) in [5, 5.41) is 9.90. The maximum atomic E-state index is 6.20. The Bertz CT molecular complexity index is 3030. The predicted molar refractivity (Wildman–Crippen MR) is 220 cm³/mol. The van der Waals surface area contributed by atoms with Crippen molar-refractivity contribution in [2.24, 2.45) is 0 Å². The maximum Gasteiger partial charge on any atom is 0.135 e. The molecule has 10 aromatic rings. The van der Waals surface area contributed by atoms with E-state index in [0.717, 1.165) is 21.9 Å². The van der Waals surface area contributed by atoms with Gasteiger partial charge in [-0.15, -0.1) is 0 Å². The van der Waals surface area contributed by atoms with Crippen LogP contribution < -0.4 is 0 Å². The lowest BCUT2D eigenvalue weighted by Gasteiger charge is -2.22. The molecule has 1 aliphatic rings. The molecule has 52 heavy (non-hydrogen) atoms. The van der Waals surface area contributed by atoms with Gasteiger partial charge in [-0.2, -0.15) is 0 Å². The van der Waals surface area contributed by atoms with Crippen LogP contribution in [0.1, 0.15) is 25.0 Å². The van der Waals surface area contributed by atoms with E-state index in [9.17, 15) is 0 Å². The van der Waals surface area contributed by atoms with Crippen molar-refractivity contribution in [1.29, 1.82) is 0 Å². The molecule has 1 heterocycles. The average molecular weight is 663 g/mol. The van der Waals surface area contributed by atoms with Crippen molar-refractivity contribution in [2.45, 2.75) is 19.3 Å². The molecule has 1 nitrogen and oxygen atoms in total. The largest absolute Gasteiger partial charge is 0.456 e. The van der Waals surface area contributed by atoms with Gasteiger partial charge in [0.25, 0.3) is 0 Å². The van der Waals surface area contributed by atoms with Crippen LogP contribution in [0.25, 0.3) is 98.8 Å². The zero-order valence-electron chi connectivity index (χ0n) is 29.1. The zero-order chi connectivity index (χ0) is 34.6. The minimum absolute atomic E-state index is 0.0383. The molecule has 0 saturated heterocycles. The first-order valence-corrected chi connectivity index (χ1v) is 18.2. The molecule has 0 saturated carbocycles. The first-order valence-electron chi connectivity index (χ1n) is 18.2. The Morgan fingerprint density at radius 1 is 0.346 bits per heavy atom. The summed E-state index contributed by atoms with van der Waals surface area (Å²) in [4.78, 5) is 0. The van der Waals surface area contributed by atoms with Gasteiger partial charge in [0.05, 0.1) is 0 Å². The molecule has 0 radical (unpaired) electrons. The fraction of sp³-hybridized carbons (Fsp3) is 0.0588. The smallest absolute Gasteiger partial charge is 0.135 e. The second kappa shape index (κ2) is 10.8. The normalized spacial score (nSPS) is 13.3.